The monoisotopic (exact) mass is 303 g/mol. The Hall–Kier alpha value is -2.23. The van der Waals surface area contributed by atoms with Crippen LogP contribution < -0.4 is 5.32 Å². The Morgan fingerprint density at radius 3 is 2.41 bits per heavy atom. The highest BCUT2D eigenvalue weighted by molar-refractivity contribution is 5.96. The summed E-state index contributed by atoms with van der Waals surface area (Å²) < 4.78 is 26.6. The second-order valence-electron chi connectivity index (χ2n) is 5.39. The Kier molecular flexibility index (Phi) is 5.26. The van der Waals surface area contributed by atoms with Crippen molar-refractivity contribution in [3.63, 3.8) is 0 Å². The zero-order valence-electron chi connectivity index (χ0n) is 12.6. The van der Waals surface area contributed by atoms with Gasteiger partial charge in [0.05, 0.1) is 11.6 Å². The Morgan fingerprint density at radius 1 is 1.14 bits per heavy atom. The van der Waals surface area contributed by atoms with Gasteiger partial charge < -0.3 is 5.32 Å². The van der Waals surface area contributed by atoms with E-state index < -0.39 is 11.6 Å². The molecule has 0 aromatic heterocycles. The number of amides is 1. The maximum atomic E-state index is 13.7. The van der Waals surface area contributed by atoms with Crippen molar-refractivity contribution in [2.75, 3.05) is 5.32 Å². The van der Waals surface area contributed by atoms with E-state index in [-0.39, 0.29) is 23.4 Å². The quantitative estimate of drug-likeness (QED) is 0.849. The van der Waals surface area contributed by atoms with Crippen LogP contribution in [0.4, 0.5) is 14.5 Å². The molecular weight excluding hydrogens is 284 g/mol. The number of carbonyl (C=O) groups is 1. The molecule has 0 heterocycles. The van der Waals surface area contributed by atoms with Crippen LogP contribution in [0, 0.1) is 17.6 Å². The first-order valence-electron chi connectivity index (χ1n) is 7.33. The molecule has 2 rings (SSSR count). The van der Waals surface area contributed by atoms with Crippen LogP contribution in [0.5, 0.6) is 0 Å². The number of anilines is 1. The Labute approximate surface area is 129 Å². The maximum Gasteiger partial charge on any atom is 0.232 e. The fourth-order valence-corrected chi connectivity index (χ4v) is 2.44. The molecule has 0 aliphatic heterocycles. The molecule has 0 aliphatic rings. The molecule has 1 amide bonds. The van der Waals surface area contributed by atoms with E-state index in [9.17, 15) is 13.6 Å². The van der Waals surface area contributed by atoms with E-state index in [1.165, 1.54) is 6.07 Å². The summed E-state index contributed by atoms with van der Waals surface area (Å²) in [6, 6.07) is 12.5. The van der Waals surface area contributed by atoms with Gasteiger partial charge in [0.25, 0.3) is 0 Å². The van der Waals surface area contributed by atoms with Crippen molar-refractivity contribution >= 4 is 11.6 Å². The number of nitrogens with one attached hydrogen (secondary N) is 1. The normalized spacial score (nSPS) is 13.5. The van der Waals surface area contributed by atoms with Gasteiger partial charge in [0, 0.05) is 6.07 Å². The summed E-state index contributed by atoms with van der Waals surface area (Å²) in [5.41, 5.74) is 0.882. The number of benzene rings is 2. The third kappa shape index (κ3) is 3.70. The van der Waals surface area contributed by atoms with E-state index in [0.29, 0.717) is 0 Å². The number of hydrogen-bond donors (Lipinski definition) is 1. The lowest BCUT2D eigenvalue weighted by Gasteiger charge is -2.23. The Balaban J connectivity index is 2.26. The van der Waals surface area contributed by atoms with Crippen molar-refractivity contribution in [1.29, 1.82) is 0 Å². The van der Waals surface area contributed by atoms with E-state index in [4.69, 9.17) is 0 Å². The van der Waals surface area contributed by atoms with E-state index in [1.807, 2.05) is 44.2 Å². The topological polar surface area (TPSA) is 29.1 Å². The average Bonchev–Trinajstić information content (AvgIpc) is 2.51. The fourth-order valence-electron chi connectivity index (χ4n) is 2.44. The van der Waals surface area contributed by atoms with Crippen molar-refractivity contribution < 1.29 is 13.6 Å². The predicted molar refractivity (Wildman–Crippen MR) is 83.6 cm³/mol. The molecule has 2 aromatic carbocycles. The minimum Gasteiger partial charge on any atom is -0.323 e. The molecule has 0 radical (unpaired) electrons. The SMILES string of the molecule is CC[C@@H](C)[C@H](C(=O)Nc1ccc(F)cc1F)c1ccccc1. The van der Waals surface area contributed by atoms with Crippen LogP contribution in [-0.4, -0.2) is 5.91 Å². The van der Waals surface area contributed by atoms with E-state index in [2.05, 4.69) is 5.32 Å². The summed E-state index contributed by atoms with van der Waals surface area (Å²) in [7, 11) is 0. The molecular formula is C18H19F2NO. The van der Waals surface area contributed by atoms with E-state index >= 15 is 0 Å². The molecule has 116 valence electrons. The lowest BCUT2D eigenvalue weighted by Crippen LogP contribution is -2.26. The van der Waals surface area contributed by atoms with E-state index in [1.54, 1.807) is 0 Å². The molecule has 1 N–H and O–H groups in total. The Morgan fingerprint density at radius 2 is 1.82 bits per heavy atom. The number of halogens is 2. The van der Waals surface area contributed by atoms with Crippen LogP contribution in [-0.2, 0) is 4.79 Å². The molecule has 22 heavy (non-hydrogen) atoms. The second-order valence-corrected chi connectivity index (χ2v) is 5.39. The summed E-state index contributed by atoms with van der Waals surface area (Å²) in [6.07, 6.45) is 0.818. The highest BCUT2D eigenvalue weighted by Crippen LogP contribution is 2.29. The smallest absolute Gasteiger partial charge is 0.232 e. The third-order valence-electron chi connectivity index (χ3n) is 3.84. The molecule has 0 saturated carbocycles. The highest BCUT2D eigenvalue weighted by atomic mass is 19.1. The van der Waals surface area contributed by atoms with Crippen LogP contribution in [0.1, 0.15) is 31.7 Å². The number of rotatable bonds is 5. The van der Waals surface area contributed by atoms with Crippen molar-refractivity contribution in [2.45, 2.75) is 26.2 Å². The van der Waals surface area contributed by atoms with Crippen molar-refractivity contribution in [2.24, 2.45) is 5.92 Å². The van der Waals surface area contributed by atoms with Crippen LogP contribution in [0.25, 0.3) is 0 Å². The van der Waals surface area contributed by atoms with Gasteiger partial charge in [0.1, 0.15) is 11.6 Å². The largest absolute Gasteiger partial charge is 0.323 e. The van der Waals surface area contributed by atoms with Gasteiger partial charge in [0.2, 0.25) is 5.91 Å². The van der Waals surface area contributed by atoms with Gasteiger partial charge >= 0.3 is 0 Å². The molecule has 4 heteroatoms. The summed E-state index contributed by atoms with van der Waals surface area (Å²) in [6.45, 7) is 3.99. The van der Waals surface area contributed by atoms with Crippen LogP contribution in [0.3, 0.4) is 0 Å². The molecule has 2 atom stereocenters. The van der Waals surface area contributed by atoms with Gasteiger partial charge in [-0.15, -0.1) is 0 Å². The number of hydrogen-bond acceptors (Lipinski definition) is 1. The van der Waals surface area contributed by atoms with E-state index in [0.717, 1.165) is 24.1 Å². The third-order valence-corrected chi connectivity index (χ3v) is 3.84. The standard InChI is InChI=1S/C18H19F2NO/c1-3-12(2)17(13-7-5-4-6-8-13)18(22)21-16-10-9-14(19)11-15(16)20/h4-12,17H,3H2,1-2H3,(H,21,22)/t12-,17+/m1/s1. The zero-order valence-corrected chi connectivity index (χ0v) is 12.6. The van der Waals surface area contributed by atoms with Gasteiger partial charge in [-0.25, -0.2) is 8.78 Å². The maximum absolute atomic E-state index is 13.7. The lowest BCUT2D eigenvalue weighted by atomic mass is 9.85. The average molecular weight is 303 g/mol. The first-order valence-corrected chi connectivity index (χ1v) is 7.33. The fraction of sp³-hybridized carbons (Fsp3) is 0.278. The molecule has 0 aliphatic carbocycles. The van der Waals surface area contributed by atoms with Crippen LogP contribution >= 0.6 is 0 Å². The summed E-state index contributed by atoms with van der Waals surface area (Å²) in [5, 5.41) is 2.57. The van der Waals surface area contributed by atoms with Gasteiger partial charge in [-0.1, -0.05) is 50.6 Å². The molecule has 0 fully saturated rings. The first-order chi connectivity index (χ1) is 10.5. The van der Waals surface area contributed by atoms with Gasteiger partial charge in [0.15, 0.2) is 0 Å². The molecule has 2 nitrogen and oxygen atoms in total. The van der Waals surface area contributed by atoms with Gasteiger partial charge in [-0.2, -0.15) is 0 Å². The summed E-state index contributed by atoms with van der Waals surface area (Å²) in [4.78, 5) is 12.6. The van der Waals surface area contributed by atoms with Crippen LogP contribution in [0.2, 0.25) is 0 Å². The van der Waals surface area contributed by atoms with Gasteiger partial charge in [-0.3, -0.25) is 4.79 Å². The van der Waals surface area contributed by atoms with Crippen molar-refractivity contribution in [3.8, 4) is 0 Å². The van der Waals surface area contributed by atoms with Gasteiger partial charge in [-0.05, 0) is 23.6 Å². The van der Waals surface area contributed by atoms with Crippen molar-refractivity contribution in [1.82, 2.24) is 0 Å². The summed E-state index contributed by atoms with van der Waals surface area (Å²) in [5.74, 6) is -2.01. The Bertz CT molecular complexity index is 643. The zero-order chi connectivity index (χ0) is 16.1. The minimum atomic E-state index is -0.774. The predicted octanol–water partition coefficient (Wildman–Crippen LogP) is 4.73. The number of carbonyl (C=O) groups excluding carboxylic acids is 1. The minimum absolute atomic E-state index is 0.00404. The summed E-state index contributed by atoms with van der Waals surface area (Å²) >= 11 is 0. The first kappa shape index (κ1) is 16.1. The molecule has 2 aromatic rings. The molecule has 0 saturated heterocycles. The molecule has 0 spiro atoms. The molecule has 0 bridgehead atoms. The highest BCUT2D eigenvalue weighted by Gasteiger charge is 2.26. The van der Waals surface area contributed by atoms with Crippen molar-refractivity contribution in [3.05, 3.63) is 65.7 Å². The molecule has 0 unspecified atom stereocenters. The lowest BCUT2D eigenvalue weighted by molar-refractivity contribution is -0.118. The second kappa shape index (κ2) is 7.16. The van der Waals surface area contributed by atoms with Crippen LogP contribution in [0.15, 0.2) is 48.5 Å².